The maximum Gasteiger partial charge on any atom is 0.416 e. The predicted molar refractivity (Wildman–Crippen MR) is 49.0 cm³/mol. The van der Waals surface area contributed by atoms with Crippen LogP contribution in [-0.4, -0.2) is 0 Å². The molecule has 13 heavy (non-hydrogen) atoms. The van der Waals surface area contributed by atoms with Crippen LogP contribution in [0, 0.1) is 0 Å². The zero-order chi connectivity index (χ0) is 10.1. The zero-order valence-electron chi connectivity index (χ0n) is 6.28. The molecule has 1 atom stereocenters. The molecule has 0 radical (unpaired) electrons. The van der Waals surface area contributed by atoms with Crippen LogP contribution in [0.15, 0.2) is 24.3 Å². The summed E-state index contributed by atoms with van der Waals surface area (Å²) in [5, 5.41) is 0. The quantitative estimate of drug-likeness (QED) is 0.668. The molecular formula is C8H5BrClF3. The lowest BCUT2D eigenvalue weighted by molar-refractivity contribution is -0.137. The van der Waals surface area contributed by atoms with E-state index >= 15 is 0 Å². The van der Waals surface area contributed by atoms with Crippen LogP contribution in [0.4, 0.5) is 13.2 Å². The van der Waals surface area contributed by atoms with Gasteiger partial charge in [0, 0.05) is 0 Å². The lowest BCUT2D eigenvalue weighted by Gasteiger charge is -2.07. The molecule has 0 spiro atoms. The fourth-order valence-corrected chi connectivity index (χ4v) is 1.27. The summed E-state index contributed by atoms with van der Waals surface area (Å²) in [6, 6.07) is 4.70. The lowest BCUT2D eigenvalue weighted by atomic mass is 10.1. The Morgan fingerprint density at radius 2 is 1.62 bits per heavy atom. The Kier molecular flexibility index (Phi) is 3.24. The minimum atomic E-state index is -4.29. The second-order valence-corrected chi connectivity index (χ2v) is 4.30. The first-order valence-corrected chi connectivity index (χ1v) is 4.72. The maximum absolute atomic E-state index is 12.1. The van der Waals surface area contributed by atoms with Gasteiger partial charge in [0.1, 0.15) is 4.29 Å². The van der Waals surface area contributed by atoms with E-state index in [1.165, 1.54) is 12.1 Å². The van der Waals surface area contributed by atoms with Crippen molar-refractivity contribution in [1.82, 2.24) is 0 Å². The van der Waals surface area contributed by atoms with Crippen LogP contribution >= 0.6 is 27.5 Å². The second-order valence-electron chi connectivity index (χ2n) is 2.42. The van der Waals surface area contributed by atoms with Crippen LogP contribution in [0.5, 0.6) is 0 Å². The average Bonchev–Trinajstić information content (AvgIpc) is 2.03. The highest BCUT2D eigenvalue weighted by Crippen LogP contribution is 2.32. The van der Waals surface area contributed by atoms with Crippen LogP contribution < -0.4 is 0 Å². The van der Waals surface area contributed by atoms with Crippen LogP contribution in [0.25, 0.3) is 0 Å². The number of benzene rings is 1. The summed E-state index contributed by atoms with van der Waals surface area (Å²) in [5.41, 5.74) is -0.0595. The summed E-state index contributed by atoms with van der Waals surface area (Å²) >= 11 is 8.65. The van der Waals surface area contributed by atoms with Crippen molar-refractivity contribution in [2.75, 3.05) is 0 Å². The van der Waals surface area contributed by atoms with E-state index in [1.54, 1.807) is 0 Å². The molecule has 0 heterocycles. The van der Waals surface area contributed by atoms with Gasteiger partial charge in [-0.25, -0.2) is 0 Å². The predicted octanol–water partition coefficient (Wildman–Crippen LogP) is 4.34. The van der Waals surface area contributed by atoms with Crippen molar-refractivity contribution in [3.8, 4) is 0 Å². The molecule has 0 N–H and O–H groups in total. The van der Waals surface area contributed by atoms with E-state index < -0.39 is 16.0 Å². The molecule has 1 aromatic carbocycles. The van der Waals surface area contributed by atoms with Crippen molar-refractivity contribution < 1.29 is 13.2 Å². The van der Waals surface area contributed by atoms with Gasteiger partial charge in [-0.3, -0.25) is 0 Å². The monoisotopic (exact) mass is 272 g/mol. The first-order chi connectivity index (χ1) is 5.91. The third kappa shape index (κ3) is 2.88. The minimum Gasteiger partial charge on any atom is -0.166 e. The van der Waals surface area contributed by atoms with Crippen molar-refractivity contribution in [2.45, 2.75) is 10.5 Å². The fourth-order valence-electron chi connectivity index (χ4n) is 0.818. The standard InChI is InChI=1S/C8H5BrClF3/c9-7(10)5-1-3-6(4-2-5)8(11,12)13/h1-4,7H. The van der Waals surface area contributed by atoms with Gasteiger partial charge < -0.3 is 0 Å². The molecule has 0 aliphatic carbocycles. The van der Waals surface area contributed by atoms with Gasteiger partial charge in [0.15, 0.2) is 0 Å². The Morgan fingerprint density at radius 1 is 1.15 bits per heavy atom. The molecular weight excluding hydrogens is 268 g/mol. The molecule has 5 heteroatoms. The summed E-state index contributed by atoms with van der Waals surface area (Å²) in [7, 11) is 0. The molecule has 0 amide bonds. The molecule has 0 aliphatic heterocycles. The van der Waals surface area contributed by atoms with E-state index in [1.807, 2.05) is 0 Å². The second kappa shape index (κ2) is 3.88. The summed E-state index contributed by atoms with van der Waals surface area (Å²) in [6.07, 6.45) is -4.29. The minimum absolute atomic E-state index is 0.449. The van der Waals surface area contributed by atoms with Gasteiger partial charge in [0.2, 0.25) is 0 Å². The van der Waals surface area contributed by atoms with E-state index in [2.05, 4.69) is 15.9 Å². The van der Waals surface area contributed by atoms with Crippen LogP contribution in [0.1, 0.15) is 15.4 Å². The third-order valence-corrected chi connectivity index (χ3v) is 2.27. The van der Waals surface area contributed by atoms with Gasteiger partial charge in [0.25, 0.3) is 0 Å². The molecule has 1 rings (SSSR count). The Bertz CT molecular complexity index is 278. The fraction of sp³-hybridized carbons (Fsp3) is 0.250. The van der Waals surface area contributed by atoms with Gasteiger partial charge in [-0.1, -0.05) is 28.1 Å². The topological polar surface area (TPSA) is 0 Å². The molecule has 0 fully saturated rings. The maximum atomic E-state index is 12.1. The van der Waals surface area contributed by atoms with Gasteiger partial charge in [-0.15, -0.1) is 11.6 Å². The van der Waals surface area contributed by atoms with Crippen molar-refractivity contribution in [1.29, 1.82) is 0 Å². The highest BCUT2D eigenvalue weighted by molar-refractivity contribution is 9.09. The van der Waals surface area contributed by atoms with Crippen molar-refractivity contribution in [3.63, 3.8) is 0 Å². The van der Waals surface area contributed by atoms with Crippen molar-refractivity contribution >= 4 is 27.5 Å². The summed E-state index contributed by atoms with van der Waals surface area (Å²) < 4.78 is 35.8. The van der Waals surface area contributed by atoms with E-state index in [-0.39, 0.29) is 0 Å². The SMILES string of the molecule is FC(F)(F)c1ccc(C(Cl)Br)cc1. The number of hydrogen-bond acceptors (Lipinski definition) is 0. The van der Waals surface area contributed by atoms with Gasteiger partial charge >= 0.3 is 6.18 Å². The van der Waals surface area contributed by atoms with Crippen LogP contribution in [0.2, 0.25) is 0 Å². The highest BCUT2D eigenvalue weighted by Gasteiger charge is 2.30. The number of halogens is 5. The molecule has 0 nitrogen and oxygen atoms in total. The Labute approximate surface area is 86.8 Å². The number of rotatable bonds is 1. The highest BCUT2D eigenvalue weighted by atomic mass is 79.9. The Hall–Kier alpha value is -0.220. The van der Waals surface area contributed by atoms with Crippen molar-refractivity contribution in [3.05, 3.63) is 35.4 Å². The first kappa shape index (κ1) is 10.9. The third-order valence-electron chi connectivity index (χ3n) is 1.49. The largest absolute Gasteiger partial charge is 0.416 e. The Morgan fingerprint density at radius 3 is 1.92 bits per heavy atom. The number of alkyl halides is 5. The van der Waals surface area contributed by atoms with Crippen molar-refractivity contribution in [2.24, 2.45) is 0 Å². The summed E-state index contributed by atoms with van der Waals surface area (Å²) in [6.45, 7) is 0. The van der Waals surface area contributed by atoms with Gasteiger partial charge in [-0.2, -0.15) is 13.2 Å². The molecule has 1 aromatic rings. The average molecular weight is 273 g/mol. The first-order valence-electron chi connectivity index (χ1n) is 3.36. The molecule has 0 aliphatic rings. The molecule has 72 valence electrons. The molecule has 0 saturated heterocycles. The zero-order valence-corrected chi connectivity index (χ0v) is 8.62. The summed E-state index contributed by atoms with van der Waals surface area (Å²) in [5.74, 6) is 0. The van der Waals surface area contributed by atoms with E-state index in [0.717, 1.165) is 12.1 Å². The van der Waals surface area contributed by atoms with Crippen LogP contribution in [0.3, 0.4) is 0 Å². The summed E-state index contributed by atoms with van der Waals surface area (Å²) in [4.78, 5) is 0. The van der Waals surface area contributed by atoms with Crippen LogP contribution in [-0.2, 0) is 6.18 Å². The number of hydrogen-bond donors (Lipinski definition) is 0. The molecule has 0 bridgehead atoms. The van der Waals surface area contributed by atoms with Gasteiger partial charge in [0.05, 0.1) is 5.56 Å². The smallest absolute Gasteiger partial charge is 0.166 e. The molecule has 0 saturated carbocycles. The van der Waals surface area contributed by atoms with E-state index in [9.17, 15) is 13.2 Å². The Balaban J connectivity index is 2.94. The van der Waals surface area contributed by atoms with E-state index in [4.69, 9.17) is 11.6 Å². The lowest BCUT2D eigenvalue weighted by Crippen LogP contribution is -2.04. The molecule has 1 unspecified atom stereocenters. The van der Waals surface area contributed by atoms with E-state index in [0.29, 0.717) is 5.56 Å². The normalized spacial score (nSPS) is 14.2. The molecule has 0 aromatic heterocycles. The van der Waals surface area contributed by atoms with Gasteiger partial charge in [-0.05, 0) is 17.7 Å².